The minimum atomic E-state index is -4.11. The number of phenols is 2. The Morgan fingerprint density at radius 3 is 2.08 bits per heavy atom. The molecule has 26 heavy (non-hydrogen) atoms. The van der Waals surface area contributed by atoms with E-state index in [1.165, 1.54) is 5.32 Å². The molecule has 2 rings (SSSR count). The molecule has 0 aliphatic heterocycles. The van der Waals surface area contributed by atoms with Crippen molar-refractivity contribution in [2.75, 3.05) is 5.32 Å². The Labute approximate surface area is 148 Å². The van der Waals surface area contributed by atoms with Gasteiger partial charge in [0.25, 0.3) is 0 Å². The van der Waals surface area contributed by atoms with Crippen LogP contribution in [0.4, 0.5) is 36.4 Å². The fraction of sp³-hybridized carbons (Fsp3) is 0.0714. The number of hydrogen-bond donors (Lipinski definition) is 3. The molecule has 0 unspecified atom stereocenters. The van der Waals surface area contributed by atoms with Gasteiger partial charge in [0.15, 0.2) is 23.2 Å². The molecule has 0 bridgehead atoms. The highest BCUT2D eigenvalue weighted by Crippen LogP contribution is 2.40. The molecule has 0 atom stereocenters. The van der Waals surface area contributed by atoms with Gasteiger partial charge in [-0.1, -0.05) is 0 Å². The van der Waals surface area contributed by atoms with Crippen molar-refractivity contribution in [2.24, 2.45) is 0 Å². The second-order valence-electron chi connectivity index (χ2n) is 4.78. The van der Waals surface area contributed by atoms with E-state index in [0.29, 0.717) is 6.07 Å². The van der Waals surface area contributed by atoms with E-state index in [4.69, 9.17) is 5.11 Å². The third-order valence-corrected chi connectivity index (χ3v) is 3.46. The number of benzene rings is 2. The predicted molar refractivity (Wildman–Crippen MR) is 77.5 cm³/mol. The average Bonchev–Trinajstić information content (AvgIpc) is 2.54. The Morgan fingerprint density at radius 2 is 1.54 bits per heavy atom. The second kappa shape index (κ2) is 6.67. The second-order valence-corrected chi connectivity index (χ2v) is 5.78. The minimum Gasteiger partial charge on any atom is -0.506 e. The quantitative estimate of drug-likeness (QED) is 0.215. The molecule has 0 spiro atoms. The summed E-state index contributed by atoms with van der Waals surface area (Å²) in [6, 6.07) is 0.466. The molecule has 0 radical (unpaired) electrons. The smallest absolute Gasteiger partial charge is 0.378 e. The Kier molecular flexibility index (Phi) is 5.08. The van der Waals surface area contributed by atoms with Crippen LogP contribution in [0.3, 0.4) is 0 Å². The normalized spacial score (nSPS) is 11.5. The molecular formula is C14H5BrF7NO3. The van der Waals surface area contributed by atoms with Gasteiger partial charge >= 0.3 is 10.7 Å². The lowest BCUT2D eigenvalue weighted by Crippen LogP contribution is -2.28. The van der Waals surface area contributed by atoms with Gasteiger partial charge in [-0.05, 0) is 6.07 Å². The fourth-order valence-corrected chi connectivity index (χ4v) is 2.00. The van der Waals surface area contributed by atoms with Crippen LogP contribution in [0.15, 0.2) is 12.1 Å². The van der Waals surface area contributed by atoms with Crippen molar-refractivity contribution in [3.63, 3.8) is 0 Å². The van der Waals surface area contributed by atoms with E-state index in [0.717, 1.165) is 0 Å². The molecule has 0 heterocycles. The molecule has 0 saturated carbocycles. The maximum absolute atomic E-state index is 14.0. The summed E-state index contributed by atoms with van der Waals surface area (Å²) in [6.07, 6.45) is 0. The molecule has 3 N–H and O–H groups in total. The Morgan fingerprint density at radius 1 is 0.962 bits per heavy atom. The van der Waals surface area contributed by atoms with Crippen molar-refractivity contribution < 1.29 is 45.7 Å². The molecule has 140 valence electrons. The Balaban J connectivity index is 2.70. The number of rotatable bonds is 3. The number of nitrogens with one attached hydrogen (secondary N) is 1. The van der Waals surface area contributed by atoms with Gasteiger partial charge in [0, 0.05) is 27.6 Å². The van der Waals surface area contributed by atoms with Crippen LogP contribution in [0.1, 0.15) is 0 Å². The van der Waals surface area contributed by atoms with Crippen LogP contribution in [-0.4, -0.2) is 21.0 Å². The minimum absolute atomic E-state index is 0.175. The van der Waals surface area contributed by atoms with Gasteiger partial charge in [-0.3, -0.25) is 4.79 Å². The molecule has 1 amide bonds. The summed E-state index contributed by atoms with van der Waals surface area (Å²) >= 11 is 1.71. The molecule has 0 aliphatic rings. The van der Waals surface area contributed by atoms with E-state index in [1.807, 2.05) is 0 Å². The number of carbonyl (C=O) groups excluding carboxylic acids is 1. The zero-order valence-corrected chi connectivity index (χ0v) is 13.6. The first-order chi connectivity index (χ1) is 11.9. The standard InChI is InChI=1S/C14H5BrF7NO3/c15-14(21,22)13(26)23-5-1-3(4(16)2-6(5)24)7-8(17)10(19)11(20)12(25)9(7)18/h1-2,24-25H,(H,23,26). The van der Waals surface area contributed by atoms with E-state index in [1.54, 1.807) is 15.9 Å². The van der Waals surface area contributed by atoms with Gasteiger partial charge in [-0.25, -0.2) is 17.6 Å². The Hall–Kier alpha value is -2.50. The first-order valence-corrected chi connectivity index (χ1v) is 7.11. The van der Waals surface area contributed by atoms with Gasteiger partial charge in [0.2, 0.25) is 5.82 Å². The fourth-order valence-electron chi connectivity index (χ4n) is 1.91. The number of halogens is 8. The largest absolute Gasteiger partial charge is 0.506 e. The summed E-state index contributed by atoms with van der Waals surface area (Å²) in [5, 5.41) is 20.0. The Bertz CT molecular complexity index is 886. The summed E-state index contributed by atoms with van der Waals surface area (Å²) in [5.41, 5.74) is -3.70. The molecule has 0 aromatic heterocycles. The molecule has 0 fully saturated rings. The molecule has 4 nitrogen and oxygen atoms in total. The van der Waals surface area contributed by atoms with Crippen LogP contribution in [-0.2, 0) is 4.79 Å². The van der Waals surface area contributed by atoms with E-state index in [9.17, 15) is 40.6 Å². The summed E-state index contributed by atoms with van der Waals surface area (Å²) in [5.74, 6) is -15.6. The third kappa shape index (κ3) is 3.41. The van der Waals surface area contributed by atoms with Crippen LogP contribution in [0, 0.1) is 29.1 Å². The van der Waals surface area contributed by atoms with E-state index in [2.05, 4.69) is 0 Å². The average molecular weight is 448 g/mol. The van der Waals surface area contributed by atoms with Crippen molar-refractivity contribution >= 4 is 27.5 Å². The molecule has 12 heteroatoms. The maximum Gasteiger partial charge on any atom is 0.378 e. The van der Waals surface area contributed by atoms with Gasteiger partial charge in [0.1, 0.15) is 11.6 Å². The number of aromatic hydroxyl groups is 2. The lowest BCUT2D eigenvalue weighted by atomic mass is 10.0. The van der Waals surface area contributed by atoms with Crippen LogP contribution >= 0.6 is 15.9 Å². The third-order valence-electron chi connectivity index (χ3n) is 3.10. The van der Waals surface area contributed by atoms with Crippen LogP contribution in [0.25, 0.3) is 11.1 Å². The first-order valence-electron chi connectivity index (χ1n) is 6.32. The van der Waals surface area contributed by atoms with Crippen molar-refractivity contribution in [1.82, 2.24) is 0 Å². The zero-order valence-electron chi connectivity index (χ0n) is 12.0. The number of amides is 1. The monoisotopic (exact) mass is 447 g/mol. The number of anilines is 1. The van der Waals surface area contributed by atoms with E-state index in [-0.39, 0.29) is 6.07 Å². The summed E-state index contributed by atoms with van der Waals surface area (Å²) in [4.78, 5) is 7.09. The first kappa shape index (κ1) is 19.8. The topological polar surface area (TPSA) is 69.6 Å². The van der Waals surface area contributed by atoms with E-state index < -0.39 is 68.1 Å². The summed E-state index contributed by atoms with van der Waals surface area (Å²) in [7, 11) is 0. The van der Waals surface area contributed by atoms with Gasteiger partial charge in [-0.15, -0.1) is 0 Å². The summed E-state index contributed by atoms with van der Waals surface area (Å²) in [6.45, 7) is 0. The predicted octanol–water partition coefficient (Wildman–Crippen LogP) is 4.39. The van der Waals surface area contributed by atoms with Crippen LogP contribution in [0.2, 0.25) is 0 Å². The van der Waals surface area contributed by atoms with Gasteiger partial charge in [-0.2, -0.15) is 13.2 Å². The highest BCUT2D eigenvalue weighted by molar-refractivity contribution is 9.10. The lowest BCUT2D eigenvalue weighted by molar-refractivity contribution is -0.128. The summed E-state index contributed by atoms with van der Waals surface area (Å²) < 4.78 is 93.8. The number of phenolic OH excluding ortho intramolecular Hbond substituents is 2. The van der Waals surface area contributed by atoms with Crippen molar-refractivity contribution in [1.29, 1.82) is 0 Å². The van der Waals surface area contributed by atoms with Gasteiger partial charge in [0.05, 0.1) is 11.3 Å². The van der Waals surface area contributed by atoms with Gasteiger partial charge < -0.3 is 15.5 Å². The number of hydrogen-bond acceptors (Lipinski definition) is 3. The molecule has 0 saturated heterocycles. The highest BCUT2D eigenvalue weighted by Gasteiger charge is 2.36. The molecule has 2 aromatic rings. The maximum atomic E-state index is 14.0. The van der Waals surface area contributed by atoms with Crippen LogP contribution < -0.4 is 5.32 Å². The zero-order chi connectivity index (χ0) is 20.0. The lowest BCUT2D eigenvalue weighted by Gasteiger charge is -2.14. The molecule has 2 aromatic carbocycles. The number of carbonyl (C=O) groups is 1. The SMILES string of the molecule is O=C(Nc1cc(-c2c(F)c(O)c(F)c(F)c2F)c(F)cc1O)C(F)(F)Br. The highest BCUT2D eigenvalue weighted by atomic mass is 79.9. The molecular weight excluding hydrogens is 443 g/mol. The van der Waals surface area contributed by atoms with Crippen molar-refractivity contribution in [3.05, 3.63) is 41.2 Å². The molecule has 0 aliphatic carbocycles. The number of alkyl halides is 3. The van der Waals surface area contributed by atoms with E-state index >= 15 is 0 Å². The van der Waals surface area contributed by atoms with Crippen molar-refractivity contribution in [2.45, 2.75) is 4.83 Å². The van der Waals surface area contributed by atoms with Crippen LogP contribution in [0.5, 0.6) is 11.5 Å². The van der Waals surface area contributed by atoms with Crippen molar-refractivity contribution in [3.8, 4) is 22.6 Å².